The second-order valence-corrected chi connectivity index (χ2v) is 8.03. The minimum Gasteiger partial charge on any atom is -0.373 e. The molecule has 3 unspecified atom stereocenters. The number of morpholine rings is 1. The number of nitrogens with zero attached hydrogens (tertiary/aromatic N) is 1. The van der Waals surface area contributed by atoms with Crippen molar-refractivity contribution < 1.29 is 4.74 Å². The van der Waals surface area contributed by atoms with E-state index in [1.165, 1.54) is 5.57 Å². The molecule has 1 aliphatic heterocycles. The first-order chi connectivity index (χ1) is 11.3. The van der Waals surface area contributed by atoms with Crippen molar-refractivity contribution in [1.82, 2.24) is 4.90 Å². The minimum atomic E-state index is 0.205. The zero-order valence-corrected chi connectivity index (χ0v) is 16.8. The van der Waals surface area contributed by atoms with Crippen molar-refractivity contribution in [2.24, 2.45) is 11.3 Å². The van der Waals surface area contributed by atoms with E-state index >= 15 is 0 Å². The normalized spacial score (nSPS) is 25.2. The van der Waals surface area contributed by atoms with Gasteiger partial charge in [-0.1, -0.05) is 65.5 Å². The maximum absolute atomic E-state index is 5.95. The molecule has 1 fully saturated rings. The highest BCUT2D eigenvalue weighted by Gasteiger charge is 2.24. The smallest absolute Gasteiger partial charge is 0.0703 e. The summed E-state index contributed by atoms with van der Waals surface area (Å²) in [5, 5.41) is 0. The van der Waals surface area contributed by atoms with E-state index in [1.54, 1.807) is 0 Å². The fraction of sp³-hybridized carbons (Fsp3) is 0.727. The lowest BCUT2D eigenvalue weighted by Gasteiger charge is -2.37. The van der Waals surface area contributed by atoms with E-state index in [0.717, 1.165) is 38.9 Å². The summed E-state index contributed by atoms with van der Waals surface area (Å²) in [4.78, 5) is 2.58. The zero-order chi connectivity index (χ0) is 18.2. The Hall–Kier alpha value is -0.860. The molecule has 0 amide bonds. The Bertz CT molecular complexity index is 435. The molecule has 0 radical (unpaired) electrons. The van der Waals surface area contributed by atoms with Gasteiger partial charge in [0.15, 0.2) is 0 Å². The summed E-state index contributed by atoms with van der Waals surface area (Å²) >= 11 is 0. The van der Waals surface area contributed by atoms with Gasteiger partial charge in [0, 0.05) is 19.6 Å². The number of allylic oxidation sites excluding steroid dienone is 5. The molecule has 2 heteroatoms. The van der Waals surface area contributed by atoms with Gasteiger partial charge in [0.25, 0.3) is 0 Å². The predicted molar refractivity (Wildman–Crippen MR) is 106 cm³/mol. The van der Waals surface area contributed by atoms with Gasteiger partial charge in [-0.25, -0.2) is 0 Å². The molecule has 0 saturated carbocycles. The van der Waals surface area contributed by atoms with Gasteiger partial charge in [-0.2, -0.15) is 0 Å². The molecule has 1 rings (SSSR count). The molecule has 0 aromatic heterocycles. The van der Waals surface area contributed by atoms with Gasteiger partial charge in [-0.05, 0) is 43.1 Å². The summed E-state index contributed by atoms with van der Waals surface area (Å²) < 4.78 is 5.95. The van der Waals surface area contributed by atoms with Gasteiger partial charge in [0.05, 0.1) is 12.2 Å². The van der Waals surface area contributed by atoms with E-state index in [0.29, 0.717) is 18.1 Å². The fourth-order valence-electron chi connectivity index (χ4n) is 3.29. The van der Waals surface area contributed by atoms with Crippen LogP contribution in [0.1, 0.15) is 60.8 Å². The average Bonchev–Trinajstić information content (AvgIpc) is 2.53. The molecular weight excluding hydrogens is 294 g/mol. The van der Waals surface area contributed by atoms with Crippen LogP contribution in [0.5, 0.6) is 0 Å². The van der Waals surface area contributed by atoms with Gasteiger partial charge in [-0.3, -0.25) is 4.90 Å². The molecular formula is C22H39NO. The van der Waals surface area contributed by atoms with Crippen molar-refractivity contribution >= 4 is 0 Å². The van der Waals surface area contributed by atoms with Crippen molar-refractivity contribution in [3.8, 4) is 0 Å². The SMILES string of the molecule is C=C/C(=C\C=C\CC(C)CN1CC(C)OC(CC)C1)C(C)(C)CC. The first-order valence-electron chi connectivity index (χ1n) is 9.69. The van der Waals surface area contributed by atoms with E-state index in [2.05, 4.69) is 71.2 Å². The van der Waals surface area contributed by atoms with E-state index in [9.17, 15) is 0 Å². The number of hydrogen-bond acceptors (Lipinski definition) is 2. The Balaban J connectivity index is 2.47. The predicted octanol–water partition coefficient (Wildman–Crippen LogP) is 5.62. The van der Waals surface area contributed by atoms with Crippen LogP contribution in [0.25, 0.3) is 0 Å². The van der Waals surface area contributed by atoms with Crippen LogP contribution in [0, 0.1) is 11.3 Å². The molecule has 3 atom stereocenters. The van der Waals surface area contributed by atoms with Crippen molar-refractivity contribution in [3.63, 3.8) is 0 Å². The summed E-state index contributed by atoms with van der Waals surface area (Å²) in [7, 11) is 0. The molecule has 1 saturated heterocycles. The van der Waals surface area contributed by atoms with E-state index in [1.807, 2.05) is 6.08 Å². The average molecular weight is 334 g/mol. The number of rotatable bonds is 9. The molecule has 2 nitrogen and oxygen atoms in total. The number of hydrogen-bond donors (Lipinski definition) is 0. The first-order valence-corrected chi connectivity index (χ1v) is 9.69. The van der Waals surface area contributed by atoms with Crippen molar-refractivity contribution in [3.05, 3.63) is 36.5 Å². The molecule has 0 bridgehead atoms. The van der Waals surface area contributed by atoms with Gasteiger partial charge in [-0.15, -0.1) is 0 Å². The number of ether oxygens (including phenoxy) is 1. The third kappa shape index (κ3) is 6.94. The monoisotopic (exact) mass is 333 g/mol. The lowest BCUT2D eigenvalue weighted by molar-refractivity contribution is -0.0803. The van der Waals surface area contributed by atoms with Gasteiger partial charge in [0.1, 0.15) is 0 Å². The third-order valence-corrected chi connectivity index (χ3v) is 5.26. The lowest BCUT2D eigenvalue weighted by Crippen LogP contribution is -2.47. The highest BCUT2D eigenvalue weighted by molar-refractivity contribution is 5.27. The Kier molecular flexibility index (Phi) is 9.01. The van der Waals surface area contributed by atoms with Gasteiger partial charge < -0.3 is 4.74 Å². The van der Waals surface area contributed by atoms with E-state index in [-0.39, 0.29) is 5.41 Å². The van der Waals surface area contributed by atoms with Gasteiger partial charge in [0.2, 0.25) is 0 Å². The molecule has 24 heavy (non-hydrogen) atoms. The maximum Gasteiger partial charge on any atom is 0.0703 e. The Morgan fingerprint density at radius 3 is 2.62 bits per heavy atom. The summed E-state index contributed by atoms with van der Waals surface area (Å²) in [6.45, 7) is 20.8. The highest BCUT2D eigenvalue weighted by atomic mass is 16.5. The van der Waals surface area contributed by atoms with Crippen LogP contribution in [-0.2, 0) is 4.74 Å². The Labute approximate surface area is 150 Å². The topological polar surface area (TPSA) is 12.5 Å². The van der Waals surface area contributed by atoms with Crippen LogP contribution < -0.4 is 0 Å². The molecule has 1 aliphatic rings. The molecule has 0 N–H and O–H groups in total. The molecule has 138 valence electrons. The third-order valence-electron chi connectivity index (χ3n) is 5.26. The molecule has 0 aromatic rings. The molecule has 1 heterocycles. The lowest BCUT2D eigenvalue weighted by atomic mass is 9.81. The molecule has 0 aliphatic carbocycles. The Morgan fingerprint density at radius 2 is 2.04 bits per heavy atom. The van der Waals surface area contributed by atoms with Crippen LogP contribution in [0.4, 0.5) is 0 Å². The zero-order valence-electron chi connectivity index (χ0n) is 16.8. The fourth-order valence-corrected chi connectivity index (χ4v) is 3.29. The summed E-state index contributed by atoms with van der Waals surface area (Å²) in [6.07, 6.45) is 12.9. The van der Waals surface area contributed by atoms with E-state index < -0.39 is 0 Å². The Morgan fingerprint density at radius 1 is 1.33 bits per heavy atom. The standard InChI is InChI=1S/C22H39NO/c1-8-20(22(6,7)10-3)14-12-11-13-18(4)15-23-16-19(5)24-21(9-2)17-23/h8,11-12,14,18-19,21H,1,9-10,13,15-17H2,2-7H3/b12-11+,20-14+. The van der Waals surface area contributed by atoms with Crippen LogP contribution in [0.2, 0.25) is 0 Å². The quantitative estimate of drug-likeness (QED) is 0.508. The second kappa shape index (κ2) is 10.2. The van der Waals surface area contributed by atoms with Crippen molar-refractivity contribution in [2.45, 2.75) is 73.0 Å². The van der Waals surface area contributed by atoms with Crippen LogP contribution in [0.15, 0.2) is 36.5 Å². The second-order valence-electron chi connectivity index (χ2n) is 8.03. The van der Waals surface area contributed by atoms with Crippen molar-refractivity contribution in [2.75, 3.05) is 19.6 Å². The maximum atomic E-state index is 5.95. The van der Waals surface area contributed by atoms with E-state index in [4.69, 9.17) is 4.74 Å². The van der Waals surface area contributed by atoms with Gasteiger partial charge >= 0.3 is 0 Å². The summed E-state index contributed by atoms with van der Waals surface area (Å²) in [5.74, 6) is 0.670. The highest BCUT2D eigenvalue weighted by Crippen LogP contribution is 2.30. The minimum absolute atomic E-state index is 0.205. The molecule has 0 aromatic carbocycles. The summed E-state index contributed by atoms with van der Waals surface area (Å²) in [6, 6.07) is 0. The van der Waals surface area contributed by atoms with Crippen LogP contribution >= 0.6 is 0 Å². The first kappa shape index (κ1) is 21.2. The van der Waals surface area contributed by atoms with Crippen molar-refractivity contribution in [1.29, 1.82) is 0 Å². The summed E-state index contributed by atoms with van der Waals surface area (Å²) in [5.41, 5.74) is 1.53. The van der Waals surface area contributed by atoms with Crippen LogP contribution in [0.3, 0.4) is 0 Å². The molecule has 0 spiro atoms. The van der Waals surface area contributed by atoms with Crippen LogP contribution in [-0.4, -0.2) is 36.7 Å². The largest absolute Gasteiger partial charge is 0.373 e.